The first-order valence-electron chi connectivity index (χ1n) is 3.52. The van der Waals surface area contributed by atoms with E-state index in [0.717, 1.165) is 0 Å². The normalized spacial score (nSPS) is 14.9. The fourth-order valence-electron chi connectivity index (χ4n) is 0.374. The highest BCUT2D eigenvalue weighted by Crippen LogP contribution is 2.39. The molecule has 0 aromatic carbocycles. The molecule has 4 nitrogen and oxygen atoms in total. The van der Waals surface area contributed by atoms with Gasteiger partial charge in [0.25, 0.3) is 0 Å². The Bertz CT molecular complexity index is 234. The first kappa shape index (κ1) is 11.4. The summed E-state index contributed by atoms with van der Waals surface area (Å²) in [5, 5.41) is 0. The SMILES string of the molecule is C=C(C)C(=O)OCP(=O)(O)CC. The van der Waals surface area contributed by atoms with Crippen LogP contribution in [0.2, 0.25) is 0 Å². The monoisotopic (exact) mass is 192 g/mol. The average Bonchev–Trinajstić information content (AvgIpc) is 2.00. The molecule has 0 saturated heterocycles. The Hall–Kier alpha value is -0.600. The largest absolute Gasteiger partial charge is 0.452 e. The smallest absolute Gasteiger partial charge is 0.333 e. The summed E-state index contributed by atoms with van der Waals surface area (Å²) in [6, 6.07) is 0. The minimum absolute atomic E-state index is 0.108. The first-order valence-corrected chi connectivity index (χ1v) is 5.55. The number of carbonyl (C=O) groups excluding carboxylic acids is 1. The van der Waals surface area contributed by atoms with Gasteiger partial charge in [-0.1, -0.05) is 13.5 Å². The van der Waals surface area contributed by atoms with Gasteiger partial charge in [-0.25, -0.2) is 4.79 Å². The molecule has 0 bridgehead atoms. The molecular weight excluding hydrogens is 179 g/mol. The Morgan fingerprint density at radius 1 is 1.67 bits per heavy atom. The van der Waals surface area contributed by atoms with Crippen LogP contribution in [0.5, 0.6) is 0 Å². The molecule has 1 unspecified atom stereocenters. The molecule has 12 heavy (non-hydrogen) atoms. The molecule has 0 aromatic rings. The summed E-state index contributed by atoms with van der Waals surface area (Å²) in [4.78, 5) is 19.8. The van der Waals surface area contributed by atoms with Crippen molar-refractivity contribution in [3.05, 3.63) is 12.2 Å². The Labute approximate surface area is 71.7 Å². The molecule has 0 spiro atoms. The van der Waals surface area contributed by atoms with Crippen molar-refractivity contribution in [3.63, 3.8) is 0 Å². The Morgan fingerprint density at radius 2 is 2.17 bits per heavy atom. The number of rotatable bonds is 4. The van der Waals surface area contributed by atoms with Crippen molar-refractivity contribution in [2.45, 2.75) is 13.8 Å². The molecule has 1 atom stereocenters. The first-order chi connectivity index (χ1) is 5.39. The lowest BCUT2D eigenvalue weighted by molar-refractivity contribution is -0.137. The highest BCUT2D eigenvalue weighted by Gasteiger charge is 2.17. The maximum absolute atomic E-state index is 11.0. The van der Waals surface area contributed by atoms with E-state index in [1.54, 1.807) is 6.92 Å². The number of esters is 1. The van der Waals surface area contributed by atoms with E-state index in [9.17, 15) is 9.36 Å². The quantitative estimate of drug-likeness (QED) is 0.415. The molecule has 70 valence electrons. The lowest BCUT2D eigenvalue weighted by Crippen LogP contribution is -2.07. The van der Waals surface area contributed by atoms with E-state index in [2.05, 4.69) is 11.3 Å². The van der Waals surface area contributed by atoms with E-state index in [4.69, 9.17) is 4.89 Å². The van der Waals surface area contributed by atoms with Gasteiger partial charge in [-0.05, 0) is 6.92 Å². The molecule has 0 amide bonds. The molecule has 0 aliphatic carbocycles. The van der Waals surface area contributed by atoms with Crippen molar-refractivity contribution in [1.82, 2.24) is 0 Å². The van der Waals surface area contributed by atoms with Crippen molar-refractivity contribution < 1.29 is 19.0 Å². The van der Waals surface area contributed by atoms with Gasteiger partial charge in [0.15, 0.2) is 6.35 Å². The van der Waals surface area contributed by atoms with Crippen LogP contribution < -0.4 is 0 Å². The average molecular weight is 192 g/mol. The summed E-state index contributed by atoms with van der Waals surface area (Å²) < 4.78 is 15.5. The van der Waals surface area contributed by atoms with E-state index in [1.807, 2.05) is 0 Å². The van der Waals surface area contributed by atoms with Gasteiger partial charge >= 0.3 is 5.97 Å². The molecule has 5 heteroatoms. The standard InChI is InChI=1S/C7H13O4P/c1-4-12(9,10)5-11-7(8)6(2)3/h2,4-5H2,1,3H3,(H,9,10). The molecule has 0 rings (SSSR count). The molecule has 0 heterocycles. The minimum atomic E-state index is -3.25. The van der Waals surface area contributed by atoms with Gasteiger partial charge in [0.1, 0.15) is 0 Å². The zero-order valence-electron chi connectivity index (χ0n) is 7.24. The van der Waals surface area contributed by atoms with E-state index in [0.29, 0.717) is 0 Å². The number of hydrogen-bond acceptors (Lipinski definition) is 3. The van der Waals surface area contributed by atoms with E-state index < -0.39 is 19.7 Å². The zero-order valence-corrected chi connectivity index (χ0v) is 8.13. The van der Waals surface area contributed by atoms with Gasteiger partial charge in [-0.2, -0.15) is 0 Å². The van der Waals surface area contributed by atoms with Gasteiger partial charge in [-0.3, -0.25) is 4.57 Å². The van der Waals surface area contributed by atoms with Crippen LogP contribution in [0.4, 0.5) is 0 Å². The molecule has 0 saturated carbocycles. The molecule has 0 aliphatic rings. The van der Waals surface area contributed by atoms with Gasteiger partial charge in [0, 0.05) is 11.7 Å². The number of hydrogen-bond donors (Lipinski definition) is 1. The summed E-state index contributed by atoms with van der Waals surface area (Å²) in [6.45, 7) is 6.38. The Kier molecular flexibility index (Phi) is 4.21. The summed E-state index contributed by atoms with van der Waals surface area (Å²) in [7, 11) is -3.25. The maximum atomic E-state index is 11.0. The maximum Gasteiger partial charge on any atom is 0.333 e. The summed E-state index contributed by atoms with van der Waals surface area (Å²) in [6.07, 6.45) is -0.314. The predicted octanol–water partition coefficient (Wildman–Crippen LogP) is 1.35. The molecule has 0 fully saturated rings. The summed E-state index contributed by atoms with van der Waals surface area (Å²) in [5.41, 5.74) is 0.228. The van der Waals surface area contributed by atoms with Crippen molar-refractivity contribution in [2.24, 2.45) is 0 Å². The fraction of sp³-hybridized carbons (Fsp3) is 0.571. The summed E-state index contributed by atoms with van der Waals surface area (Å²) >= 11 is 0. The van der Waals surface area contributed by atoms with Crippen LogP contribution in [0.25, 0.3) is 0 Å². The highest BCUT2D eigenvalue weighted by molar-refractivity contribution is 7.57. The van der Waals surface area contributed by atoms with Crippen molar-refractivity contribution in [1.29, 1.82) is 0 Å². The van der Waals surface area contributed by atoms with Crippen LogP contribution >= 0.6 is 7.37 Å². The van der Waals surface area contributed by atoms with E-state index in [-0.39, 0.29) is 11.7 Å². The molecular formula is C7H13O4P. The molecule has 0 aromatic heterocycles. The van der Waals surface area contributed by atoms with Crippen molar-refractivity contribution in [3.8, 4) is 0 Å². The third-order valence-corrected chi connectivity index (χ3v) is 2.76. The molecule has 0 aliphatic heterocycles. The van der Waals surface area contributed by atoms with Crippen LogP contribution in [0, 0.1) is 0 Å². The second-order valence-electron chi connectivity index (χ2n) is 2.50. The zero-order chi connectivity index (χ0) is 9.78. The summed E-state index contributed by atoms with van der Waals surface area (Å²) in [5.74, 6) is -0.627. The molecule has 0 radical (unpaired) electrons. The van der Waals surface area contributed by atoms with Crippen molar-refractivity contribution >= 4 is 13.3 Å². The van der Waals surface area contributed by atoms with Crippen LogP contribution in [0.3, 0.4) is 0 Å². The predicted molar refractivity (Wildman–Crippen MR) is 46.1 cm³/mol. The van der Waals surface area contributed by atoms with Crippen LogP contribution in [-0.4, -0.2) is 23.4 Å². The van der Waals surface area contributed by atoms with Gasteiger partial charge in [0.2, 0.25) is 7.37 Å². The number of carbonyl (C=O) groups is 1. The second-order valence-corrected chi connectivity index (χ2v) is 5.09. The third-order valence-electron chi connectivity index (χ3n) is 1.24. The van der Waals surface area contributed by atoms with E-state index in [1.165, 1.54) is 6.92 Å². The Balaban J connectivity index is 3.92. The minimum Gasteiger partial charge on any atom is -0.452 e. The van der Waals surface area contributed by atoms with Gasteiger partial charge < -0.3 is 9.63 Å². The Morgan fingerprint density at radius 3 is 2.50 bits per heavy atom. The lowest BCUT2D eigenvalue weighted by Gasteiger charge is -2.08. The van der Waals surface area contributed by atoms with Crippen LogP contribution in [0.15, 0.2) is 12.2 Å². The topological polar surface area (TPSA) is 63.6 Å². The van der Waals surface area contributed by atoms with Crippen LogP contribution in [0.1, 0.15) is 13.8 Å². The van der Waals surface area contributed by atoms with Gasteiger partial charge in [0.05, 0.1) is 0 Å². The number of ether oxygens (including phenoxy) is 1. The van der Waals surface area contributed by atoms with Crippen molar-refractivity contribution in [2.75, 3.05) is 12.5 Å². The third kappa shape index (κ3) is 4.31. The van der Waals surface area contributed by atoms with Gasteiger partial charge in [-0.15, -0.1) is 0 Å². The highest BCUT2D eigenvalue weighted by atomic mass is 31.2. The van der Waals surface area contributed by atoms with E-state index >= 15 is 0 Å². The lowest BCUT2D eigenvalue weighted by atomic mass is 10.4. The molecule has 1 N–H and O–H groups in total. The fourth-order valence-corrected chi connectivity index (χ4v) is 0.876. The second kappa shape index (κ2) is 4.43. The van der Waals surface area contributed by atoms with Crippen LogP contribution in [-0.2, 0) is 14.1 Å².